The predicted molar refractivity (Wildman–Crippen MR) is 89.4 cm³/mol. The summed E-state index contributed by atoms with van der Waals surface area (Å²) in [7, 11) is 0. The minimum atomic E-state index is 0.214. The van der Waals surface area contributed by atoms with E-state index in [-0.39, 0.29) is 6.04 Å². The van der Waals surface area contributed by atoms with Gasteiger partial charge in [0, 0.05) is 12.0 Å². The molecule has 3 heteroatoms. The Balaban J connectivity index is 1.78. The molecule has 2 aromatic rings. The Morgan fingerprint density at radius 1 is 1.23 bits per heavy atom. The molecule has 0 spiro atoms. The highest BCUT2D eigenvalue weighted by Crippen LogP contribution is 2.13. The van der Waals surface area contributed by atoms with E-state index in [1.165, 1.54) is 5.56 Å². The van der Waals surface area contributed by atoms with E-state index in [0.717, 1.165) is 12.2 Å². The maximum absolute atomic E-state index is 5.88. The molecule has 0 aliphatic heterocycles. The Kier molecular flexibility index (Phi) is 6.94. The zero-order valence-electron chi connectivity index (χ0n) is 13.2. The van der Waals surface area contributed by atoms with Gasteiger partial charge in [-0.3, -0.25) is 0 Å². The third-order valence-corrected chi connectivity index (χ3v) is 3.82. The third kappa shape index (κ3) is 5.17. The molecule has 0 aliphatic carbocycles. The van der Waals surface area contributed by atoms with Crippen LogP contribution in [-0.4, -0.2) is 12.6 Å². The van der Waals surface area contributed by atoms with Crippen molar-refractivity contribution in [2.45, 2.75) is 32.5 Å². The summed E-state index contributed by atoms with van der Waals surface area (Å²) in [6.45, 7) is 8.20. The minimum absolute atomic E-state index is 0.214. The average molecular weight is 299 g/mol. The lowest BCUT2D eigenvalue weighted by Crippen LogP contribution is -2.36. The molecule has 0 fully saturated rings. The maximum Gasteiger partial charge on any atom is 0.117 e. The van der Waals surface area contributed by atoms with Gasteiger partial charge in [0.15, 0.2) is 0 Å². The largest absolute Gasteiger partial charge is 0.468 e. The van der Waals surface area contributed by atoms with Crippen molar-refractivity contribution in [3.8, 4) is 0 Å². The van der Waals surface area contributed by atoms with Crippen LogP contribution in [0, 0.1) is 5.92 Å². The van der Waals surface area contributed by atoms with Gasteiger partial charge in [0.25, 0.3) is 0 Å². The molecule has 1 aromatic heterocycles. The predicted octanol–water partition coefficient (Wildman–Crippen LogP) is 4.17. The summed E-state index contributed by atoms with van der Waals surface area (Å²) in [5.74, 6) is 1.34. The van der Waals surface area contributed by atoms with Gasteiger partial charge in [-0.15, -0.1) is 6.58 Å². The van der Waals surface area contributed by atoms with E-state index in [1.54, 1.807) is 6.26 Å². The summed E-state index contributed by atoms with van der Waals surface area (Å²) >= 11 is 0. The van der Waals surface area contributed by atoms with Crippen LogP contribution < -0.4 is 5.32 Å². The quantitative estimate of drug-likeness (QED) is 0.669. The molecule has 1 heterocycles. The van der Waals surface area contributed by atoms with Gasteiger partial charge in [-0.05, 0) is 24.1 Å². The Hall–Kier alpha value is -1.84. The Bertz CT molecular complexity index is 522. The number of rotatable bonds is 10. The van der Waals surface area contributed by atoms with Gasteiger partial charge in [0.05, 0.1) is 26.0 Å². The fourth-order valence-corrected chi connectivity index (χ4v) is 2.45. The molecule has 118 valence electrons. The van der Waals surface area contributed by atoms with Gasteiger partial charge in [0.1, 0.15) is 5.76 Å². The Morgan fingerprint density at radius 2 is 2.05 bits per heavy atom. The first-order chi connectivity index (χ1) is 10.8. The number of hydrogen-bond donors (Lipinski definition) is 1. The van der Waals surface area contributed by atoms with Crippen LogP contribution in [0.1, 0.15) is 24.7 Å². The number of benzene rings is 1. The van der Waals surface area contributed by atoms with E-state index in [9.17, 15) is 0 Å². The summed E-state index contributed by atoms with van der Waals surface area (Å²) in [6.07, 6.45) is 4.69. The topological polar surface area (TPSA) is 34.4 Å². The maximum atomic E-state index is 5.88. The van der Waals surface area contributed by atoms with Crippen molar-refractivity contribution in [2.75, 3.05) is 6.61 Å². The zero-order chi connectivity index (χ0) is 15.6. The second kappa shape index (κ2) is 9.23. The molecule has 2 rings (SSSR count). The number of nitrogens with one attached hydrogen (secondary N) is 1. The fraction of sp³-hybridized carbons (Fsp3) is 0.368. The van der Waals surface area contributed by atoms with Crippen LogP contribution in [0.5, 0.6) is 0 Å². The lowest BCUT2D eigenvalue weighted by molar-refractivity contribution is 0.0770. The van der Waals surface area contributed by atoms with Crippen molar-refractivity contribution in [1.82, 2.24) is 5.32 Å². The van der Waals surface area contributed by atoms with Crippen LogP contribution in [0.15, 0.2) is 65.8 Å². The first kappa shape index (κ1) is 16.5. The smallest absolute Gasteiger partial charge is 0.117 e. The highest BCUT2D eigenvalue weighted by molar-refractivity contribution is 5.13. The number of furan rings is 1. The van der Waals surface area contributed by atoms with E-state index in [2.05, 4.69) is 31.0 Å². The van der Waals surface area contributed by atoms with Crippen molar-refractivity contribution in [1.29, 1.82) is 0 Å². The van der Waals surface area contributed by atoms with Gasteiger partial charge in [0.2, 0.25) is 0 Å². The third-order valence-electron chi connectivity index (χ3n) is 3.82. The number of hydrogen-bond acceptors (Lipinski definition) is 3. The van der Waals surface area contributed by atoms with Crippen molar-refractivity contribution in [3.63, 3.8) is 0 Å². The van der Waals surface area contributed by atoms with Crippen molar-refractivity contribution >= 4 is 0 Å². The molecule has 22 heavy (non-hydrogen) atoms. The fourth-order valence-electron chi connectivity index (χ4n) is 2.45. The van der Waals surface area contributed by atoms with E-state index < -0.39 is 0 Å². The lowest BCUT2D eigenvalue weighted by atomic mass is 9.97. The lowest BCUT2D eigenvalue weighted by Gasteiger charge is -2.24. The van der Waals surface area contributed by atoms with E-state index >= 15 is 0 Å². The van der Waals surface area contributed by atoms with Gasteiger partial charge < -0.3 is 14.5 Å². The first-order valence-corrected chi connectivity index (χ1v) is 7.83. The molecule has 0 aliphatic rings. The average Bonchev–Trinajstić information content (AvgIpc) is 3.08. The highest BCUT2D eigenvalue weighted by atomic mass is 16.5. The van der Waals surface area contributed by atoms with Crippen LogP contribution in [0.25, 0.3) is 0 Å². The molecule has 1 N–H and O–H groups in total. The molecule has 0 radical (unpaired) electrons. The number of ether oxygens (including phenoxy) is 1. The Morgan fingerprint density at radius 3 is 2.68 bits per heavy atom. The summed E-state index contributed by atoms with van der Waals surface area (Å²) in [5.41, 5.74) is 1.20. The second-order valence-electron chi connectivity index (χ2n) is 5.39. The molecule has 0 bridgehead atoms. The monoisotopic (exact) mass is 299 g/mol. The normalized spacial score (nSPS) is 13.7. The van der Waals surface area contributed by atoms with Crippen LogP contribution in [0.4, 0.5) is 0 Å². The van der Waals surface area contributed by atoms with E-state index in [1.807, 2.05) is 36.4 Å². The molecule has 2 atom stereocenters. The van der Waals surface area contributed by atoms with E-state index in [0.29, 0.717) is 25.7 Å². The Labute approximate surface area is 133 Å². The van der Waals surface area contributed by atoms with Gasteiger partial charge in [-0.25, -0.2) is 0 Å². The van der Waals surface area contributed by atoms with Gasteiger partial charge in [-0.2, -0.15) is 0 Å². The van der Waals surface area contributed by atoms with Crippen LogP contribution in [0.2, 0.25) is 0 Å². The molecule has 0 saturated carbocycles. The summed E-state index contributed by atoms with van der Waals surface area (Å²) in [4.78, 5) is 0. The summed E-state index contributed by atoms with van der Waals surface area (Å²) < 4.78 is 11.2. The second-order valence-corrected chi connectivity index (χ2v) is 5.39. The van der Waals surface area contributed by atoms with E-state index in [4.69, 9.17) is 9.15 Å². The standard InChI is InChI=1S/C19H25NO2/c1-3-17(15-21-14-16-9-6-5-7-10-16)19(4-2)20-13-18-11-8-12-22-18/h4-12,17,19-20H,2-3,13-15H2,1H3/t17-,19-/m0/s1. The SMILES string of the molecule is C=C[C@H](NCc1ccco1)[C@@H](CC)COCc1ccccc1. The summed E-state index contributed by atoms with van der Waals surface area (Å²) in [5, 5.41) is 3.48. The molecule has 0 saturated heterocycles. The van der Waals surface area contributed by atoms with Crippen LogP contribution in [-0.2, 0) is 17.9 Å². The summed E-state index contributed by atoms with van der Waals surface area (Å²) in [6, 6.07) is 14.3. The molecule has 0 unspecified atom stereocenters. The highest BCUT2D eigenvalue weighted by Gasteiger charge is 2.17. The van der Waals surface area contributed by atoms with Crippen molar-refractivity contribution < 1.29 is 9.15 Å². The molecule has 0 amide bonds. The van der Waals surface area contributed by atoms with Crippen LogP contribution >= 0.6 is 0 Å². The molecule has 1 aromatic carbocycles. The van der Waals surface area contributed by atoms with Gasteiger partial charge >= 0.3 is 0 Å². The van der Waals surface area contributed by atoms with Crippen molar-refractivity contribution in [3.05, 3.63) is 72.7 Å². The molecular weight excluding hydrogens is 274 g/mol. The molecular formula is C19H25NO2. The molecule has 3 nitrogen and oxygen atoms in total. The van der Waals surface area contributed by atoms with Crippen molar-refractivity contribution in [2.24, 2.45) is 5.92 Å². The van der Waals surface area contributed by atoms with Crippen LogP contribution in [0.3, 0.4) is 0 Å². The zero-order valence-corrected chi connectivity index (χ0v) is 13.2. The first-order valence-electron chi connectivity index (χ1n) is 7.83. The minimum Gasteiger partial charge on any atom is -0.468 e. The van der Waals surface area contributed by atoms with Gasteiger partial charge in [-0.1, -0.05) is 43.3 Å².